The molecule has 0 aliphatic heterocycles. The maximum Gasteiger partial charge on any atom is 0.106 e. The normalized spacial score (nSPS) is 13.1. The summed E-state index contributed by atoms with van der Waals surface area (Å²) in [5.41, 5.74) is 8.22. The number of aromatic nitrogens is 2. The van der Waals surface area contributed by atoms with Gasteiger partial charge in [-0.05, 0) is 19.8 Å². The molecule has 0 fully saturated rings. The molecule has 1 aromatic heterocycles. The Kier molecular flexibility index (Phi) is 4.14. The van der Waals surface area contributed by atoms with E-state index in [1.807, 2.05) is 0 Å². The average Bonchev–Trinajstić information content (AvgIpc) is 2.48. The topological polar surface area (TPSA) is 54.7 Å². The summed E-state index contributed by atoms with van der Waals surface area (Å²) in [5, 5.41) is 0. The van der Waals surface area contributed by atoms with Crippen LogP contribution in [0.2, 0.25) is 0 Å². The number of hydrogen-bond donors (Lipinski definition) is 2. The second kappa shape index (κ2) is 5.15. The first kappa shape index (κ1) is 11.2. The van der Waals surface area contributed by atoms with Crippen molar-refractivity contribution in [3.05, 3.63) is 17.2 Å². The van der Waals surface area contributed by atoms with E-state index in [1.54, 1.807) is 0 Å². The first-order chi connectivity index (χ1) is 6.69. The van der Waals surface area contributed by atoms with Crippen LogP contribution in [0.5, 0.6) is 0 Å². The lowest BCUT2D eigenvalue weighted by molar-refractivity contribution is 0.619. The van der Waals surface area contributed by atoms with Crippen molar-refractivity contribution in [2.24, 2.45) is 5.73 Å². The molecule has 0 amide bonds. The van der Waals surface area contributed by atoms with Crippen LogP contribution in [0.25, 0.3) is 0 Å². The Balaban J connectivity index is 2.75. The van der Waals surface area contributed by atoms with Gasteiger partial charge in [-0.15, -0.1) is 0 Å². The summed E-state index contributed by atoms with van der Waals surface area (Å²) < 4.78 is 0. The molecule has 1 heterocycles. The fourth-order valence-corrected chi connectivity index (χ4v) is 1.70. The molecule has 3 nitrogen and oxygen atoms in total. The average molecular weight is 195 g/mol. The Morgan fingerprint density at radius 3 is 2.64 bits per heavy atom. The molecule has 3 heteroatoms. The van der Waals surface area contributed by atoms with Gasteiger partial charge in [0.05, 0.1) is 5.69 Å². The minimum atomic E-state index is 0.0989. The van der Waals surface area contributed by atoms with Gasteiger partial charge >= 0.3 is 0 Å². The van der Waals surface area contributed by atoms with Gasteiger partial charge in [-0.2, -0.15) is 0 Å². The molecule has 0 saturated heterocycles. The second-order valence-electron chi connectivity index (χ2n) is 3.84. The molecule has 1 atom stereocenters. The third-order valence-electron chi connectivity index (χ3n) is 2.41. The van der Waals surface area contributed by atoms with Crippen molar-refractivity contribution < 1.29 is 0 Å². The van der Waals surface area contributed by atoms with Crippen LogP contribution in [-0.4, -0.2) is 9.97 Å². The molecule has 3 N–H and O–H groups in total. The van der Waals surface area contributed by atoms with Crippen LogP contribution in [0.4, 0.5) is 0 Å². The molecule has 0 aromatic carbocycles. The zero-order valence-electron chi connectivity index (χ0n) is 9.43. The van der Waals surface area contributed by atoms with Crippen LogP contribution in [0.3, 0.4) is 0 Å². The summed E-state index contributed by atoms with van der Waals surface area (Å²) in [5.74, 6) is 1.08. The minimum Gasteiger partial charge on any atom is -0.346 e. The van der Waals surface area contributed by atoms with Gasteiger partial charge in [0.1, 0.15) is 5.82 Å². The summed E-state index contributed by atoms with van der Waals surface area (Å²) in [7, 11) is 0. The third kappa shape index (κ3) is 2.58. The monoisotopic (exact) mass is 195 g/mol. The number of hydrogen-bond acceptors (Lipinski definition) is 2. The van der Waals surface area contributed by atoms with Crippen LogP contribution in [0.1, 0.15) is 56.4 Å². The predicted octanol–water partition coefficient (Wildman–Crippen LogP) is 2.47. The fourth-order valence-electron chi connectivity index (χ4n) is 1.70. The molecule has 1 rings (SSSR count). The van der Waals surface area contributed by atoms with Gasteiger partial charge in [-0.3, -0.25) is 0 Å². The molecule has 0 aliphatic rings. The predicted molar refractivity (Wildman–Crippen MR) is 59.2 cm³/mol. The van der Waals surface area contributed by atoms with Gasteiger partial charge in [0.25, 0.3) is 0 Å². The Hall–Kier alpha value is -0.830. The molecule has 1 aromatic rings. The minimum absolute atomic E-state index is 0.0989. The molecule has 0 aliphatic carbocycles. The lowest BCUT2D eigenvalue weighted by Crippen LogP contribution is -2.11. The molecule has 0 bridgehead atoms. The van der Waals surface area contributed by atoms with Gasteiger partial charge in [0, 0.05) is 18.2 Å². The van der Waals surface area contributed by atoms with E-state index in [0.29, 0.717) is 0 Å². The Bertz CT molecular complexity index is 278. The van der Waals surface area contributed by atoms with E-state index in [1.165, 1.54) is 0 Å². The van der Waals surface area contributed by atoms with E-state index in [0.717, 1.165) is 42.9 Å². The van der Waals surface area contributed by atoms with Gasteiger partial charge in [-0.25, -0.2) is 4.98 Å². The van der Waals surface area contributed by atoms with Crippen LogP contribution in [0.15, 0.2) is 0 Å². The quantitative estimate of drug-likeness (QED) is 0.758. The van der Waals surface area contributed by atoms with Crippen molar-refractivity contribution in [2.75, 3.05) is 0 Å². The Labute approximate surface area is 86.1 Å². The summed E-state index contributed by atoms with van der Waals surface area (Å²) in [6.45, 7) is 6.36. The van der Waals surface area contributed by atoms with Crippen LogP contribution < -0.4 is 5.73 Å². The van der Waals surface area contributed by atoms with Crippen molar-refractivity contribution in [1.82, 2.24) is 9.97 Å². The smallest absolute Gasteiger partial charge is 0.106 e. The van der Waals surface area contributed by atoms with Gasteiger partial charge in [0.2, 0.25) is 0 Å². The number of H-pyrrole nitrogens is 1. The highest BCUT2D eigenvalue weighted by Crippen LogP contribution is 2.17. The molecule has 0 spiro atoms. The Morgan fingerprint density at radius 1 is 1.36 bits per heavy atom. The van der Waals surface area contributed by atoms with Gasteiger partial charge in [0.15, 0.2) is 0 Å². The highest BCUT2D eigenvalue weighted by atomic mass is 15.0. The largest absolute Gasteiger partial charge is 0.346 e. The Morgan fingerprint density at radius 2 is 2.07 bits per heavy atom. The fraction of sp³-hybridized carbons (Fsp3) is 0.727. The zero-order valence-corrected chi connectivity index (χ0v) is 9.43. The molecule has 0 radical (unpaired) electrons. The van der Waals surface area contributed by atoms with Gasteiger partial charge in [-0.1, -0.05) is 20.3 Å². The van der Waals surface area contributed by atoms with Crippen LogP contribution in [-0.2, 0) is 6.42 Å². The SMILES string of the molecule is CCCc1nc(C(N)CCC)c(C)[nH]1. The number of nitrogens with zero attached hydrogens (tertiary/aromatic N) is 1. The van der Waals surface area contributed by atoms with Crippen molar-refractivity contribution in [2.45, 2.75) is 52.5 Å². The molecule has 14 heavy (non-hydrogen) atoms. The molecular formula is C11H21N3. The first-order valence-corrected chi connectivity index (χ1v) is 5.50. The van der Waals surface area contributed by atoms with Crippen molar-refractivity contribution in [1.29, 1.82) is 0 Å². The molecule has 1 unspecified atom stereocenters. The first-order valence-electron chi connectivity index (χ1n) is 5.50. The van der Waals surface area contributed by atoms with E-state index in [9.17, 15) is 0 Å². The zero-order chi connectivity index (χ0) is 10.6. The third-order valence-corrected chi connectivity index (χ3v) is 2.41. The number of aryl methyl sites for hydroxylation is 2. The number of imidazole rings is 1. The maximum atomic E-state index is 6.03. The summed E-state index contributed by atoms with van der Waals surface area (Å²) >= 11 is 0. The van der Waals surface area contributed by atoms with E-state index < -0.39 is 0 Å². The summed E-state index contributed by atoms with van der Waals surface area (Å²) in [4.78, 5) is 7.83. The highest BCUT2D eigenvalue weighted by Gasteiger charge is 2.12. The highest BCUT2D eigenvalue weighted by molar-refractivity contribution is 5.16. The number of nitrogens with one attached hydrogen (secondary N) is 1. The molecular weight excluding hydrogens is 174 g/mol. The number of aromatic amines is 1. The van der Waals surface area contributed by atoms with Crippen LogP contribution in [0, 0.1) is 6.92 Å². The molecule has 0 saturated carbocycles. The van der Waals surface area contributed by atoms with Crippen molar-refractivity contribution >= 4 is 0 Å². The lowest BCUT2D eigenvalue weighted by atomic mass is 10.1. The van der Waals surface area contributed by atoms with E-state index in [2.05, 4.69) is 30.7 Å². The lowest BCUT2D eigenvalue weighted by Gasteiger charge is -2.07. The summed E-state index contributed by atoms with van der Waals surface area (Å²) in [6.07, 6.45) is 4.25. The standard InChI is InChI=1S/C11H21N3/c1-4-6-9(12)11-8(3)13-10(14-11)7-5-2/h9H,4-7,12H2,1-3H3,(H,13,14). The maximum absolute atomic E-state index is 6.03. The number of nitrogens with two attached hydrogens (primary N) is 1. The van der Waals surface area contributed by atoms with Crippen LogP contribution >= 0.6 is 0 Å². The van der Waals surface area contributed by atoms with Gasteiger partial charge < -0.3 is 10.7 Å². The summed E-state index contributed by atoms with van der Waals surface area (Å²) in [6, 6.07) is 0.0989. The van der Waals surface area contributed by atoms with E-state index >= 15 is 0 Å². The molecule has 80 valence electrons. The number of rotatable bonds is 5. The second-order valence-corrected chi connectivity index (χ2v) is 3.84. The van der Waals surface area contributed by atoms with E-state index in [-0.39, 0.29) is 6.04 Å². The van der Waals surface area contributed by atoms with Crippen molar-refractivity contribution in [3.63, 3.8) is 0 Å². The van der Waals surface area contributed by atoms with E-state index in [4.69, 9.17) is 5.73 Å². The van der Waals surface area contributed by atoms with Crippen molar-refractivity contribution in [3.8, 4) is 0 Å².